The van der Waals surface area contributed by atoms with Gasteiger partial charge < -0.3 is 4.74 Å². The molecule has 2 atom stereocenters. The van der Waals surface area contributed by atoms with E-state index in [1.807, 2.05) is 18.8 Å². The molecule has 2 unspecified atom stereocenters. The average Bonchev–Trinajstić information content (AvgIpc) is 2.95. The first-order valence-electron chi connectivity index (χ1n) is 6.22. The van der Waals surface area contributed by atoms with Crippen molar-refractivity contribution >= 4 is 34.4 Å². The van der Waals surface area contributed by atoms with Crippen molar-refractivity contribution in [3.05, 3.63) is 17.2 Å². The zero-order valence-electron chi connectivity index (χ0n) is 10.8. The van der Waals surface area contributed by atoms with Gasteiger partial charge >= 0.3 is 0 Å². The number of aryl methyl sites for hydroxylation is 1. The second-order valence-electron chi connectivity index (χ2n) is 4.65. The Morgan fingerprint density at radius 2 is 2.37 bits per heavy atom. The van der Waals surface area contributed by atoms with Crippen LogP contribution in [0.3, 0.4) is 0 Å². The summed E-state index contributed by atoms with van der Waals surface area (Å²) in [7, 11) is 1.86. The average molecular weight is 299 g/mol. The molecule has 3 rings (SSSR count). The number of thioether (sulfide) groups is 1. The Labute approximate surface area is 120 Å². The summed E-state index contributed by atoms with van der Waals surface area (Å²) in [5.41, 5.74) is 0.784. The molecule has 3 heterocycles. The van der Waals surface area contributed by atoms with Gasteiger partial charge in [0.05, 0.1) is 23.4 Å². The minimum atomic E-state index is 0.306. The van der Waals surface area contributed by atoms with Gasteiger partial charge in [-0.3, -0.25) is 4.68 Å². The standard InChI is InChI=1S/C12H15ClN4OS/c1-7-9(3-4-18-7)19-6-10-15-11(13)8-5-14-17(2)12(8)16-10/h5,7,9H,3-4,6H2,1-2H3. The van der Waals surface area contributed by atoms with Crippen molar-refractivity contribution in [1.82, 2.24) is 19.7 Å². The molecule has 1 aliphatic heterocycles. The van der Waals surface area contributed by atoms with Crippen molar-refractivity contribution in [2.75, 3.05) is 6.61 Å². The summed E-state index contributed by atoms with van der Waals surface area (Å²) in [5.74, 6) is 1.50. The Morgan fingerprint density at radius 1 is 1.53 bits per heavy atom. The Balaban J connectivity index is 1.79. The first kappa shape index (κ1) is 13.1. The molecule has 0 saturated carbocycles. The van der Waals surface area contributed by atoms with E-state index in [0.29, 0.717) is 16.5 Å². The molecule has 5 nitrogen and oxygen atoms in total. The van der Waals surface area contributed by atoms with Gasteiger partial charge in [0.15, 0.2) is 5.65 Å². The summed E-state index contributed by atoms with van der Waals surface area (Å²) >= 11 is 7.99. The van der Waals surface area contributed by atoms with Crippen LogP contribution in [0.25, 0.3) is 11.0 Å². The number of hydrogen-bond acceptors (Lipinski definition) is 5. The molecule has 0 radical (unpaired) electrons. The normalized spacial score (nSPS) is 23.3. The Morgan fingerprint density at radius 3 is 3.11 bits per heavy atom. The fourth-order valence-electron chi connectivity index (χ4n) is 2.21. The van der Waals surface area contributed by atoms with Crippen LogP contribution >= 0.6 is 23.4 Å². The predicted molar refractivity (Wildman–Crippen MR) is 76.4 cm³/mol. The van der Waals surface area contributed by atoms with Gasteiger partial charge in [-0.2, -0.15) is 5.10 Å². The molecule has 0 aliphatic carbocycles. The Hall–Kier alpha value is -0.850. The van der Waals surface area contributed by atoms with E-state index in [-0.39, 0.29) is 0 Å². The summed E-state index contributed by atoms with van der Waals surface area (Å²) in [4.78, 5) is 8.86. The maximum absolute atomic E-state index is 6.16. The first-order chi connectivity index (χ1) is 9.15. The predicted octanol–water partition coefficient (Wildman–Crippen LogP) is 2.43. The molecule has 7 heteroatoms. The number of fused-ring (bicyclic) bond motifs is 1. The van der Waals surface area contributed by atoms with Crippen LogP contribution in [0.5, 0.6) is 0 Å². The second-order valence-corrected chi connectivity index (χ2v) is 6.24. The van der Waals surface area contributed by atoms with E-state index < -0.39 is 0 Å². The SMILES string of the molecule is CC1OCCC1SCc1nc(Cl)c2cnn(C)c2n1. The van der Waals surface area contributed by atoms with E-state index in [1.54, 1.807) is 10.9 Å². The molecular formula is C12H15ClN4OS. The summed E-state index contributed by atoms with van der Waals surface area (Å²) in [6, 6.07) is 0. The van der Waals surface area contributed by atoms with E-state index in [1.165, 1.54) is 0 Å². The van der Waals surface area contributed by atoms with Crippen molar-refractivity contribution in [3.63, 3.8) is 0 Å². The van der Waals surface area contributed by atoms with Gasteiger partial charge in [0, 0.05) is 18.9 Å². The van der Waals surface area contributed by atoms with Crippen LogP contribution < -0.4 is 0 Å². The third-order valence-electron chi connectivity index (χ3n) is 3.33. The lowest BCUT2D eigenvalue weighted by atomic mass is 10.3. The number of halogens is 1. The minimum absolute atomic E-state index is 0.306. The number of nitrogens with zero attached hydrogens (tertiary/aromatic N) is 4. The van der Waals surface area contributed by atoms with E-state index in [2.05, 4.69) is 22.0 Å². The number of ether oxygens (including phenoxy) is 1. The van der Waals surface area contributed by atoms with Gasteiger partial charge in [-0.15, -0.1) is 11.8 Å². The van der Waals surface area contributed by atoms with E-state index in [0.717, 1.165) is 35.6 Å². The zero-order chi connectivity index (χ0) is 13.4. The largest absolute Gasteiger partial charge is 0.377 e. The topological polar surface area (TPSA) is 52.8 Å². The highest BCUT2D eigenvalue weighted by Gasteiger charge is 2.24. The molecule has 0 aromatic carbocycles. The number of rotatable bonds is 3. The third kappa shape index (κ3) is 2.57. The lowest BCUT2D eigenvalue weighted by Crippen LogP contribution is -2.13. The monoisotopic (exact) mass is 298 g/mol. The van der Waals surface area contributed by atoms with Gasteiger partial charge in [-0.25, -0.2) is 9.97 Å². The molecule has 0 spiro atoms. The van der Waals surface area contributed by atoms with Gasteiger partial charge in [0.25, 0.3) is 0 Å². The van der Waals surface area contributed by atoms with E-state index in [9.17, 15) is 0 Å². The maximum Gasteiger partial charge on any atom is 0.162 e. The molecule has 1 fully saturated rings. The third-order valence-corrected chi connectivity index (χ3v) is 5.09. The van der Waals surface area contributed by atoms with Crippen LogP contribution in [-0.4, -0.2) is 37.7 Å². The zero-order valence-corrected chi connectivity index (χ0v) is 12.4. The lowest BCUT2D eigenvalue weighted by molar-refractivity contribution is 0.127. The summed E-state index contributed by atoms with van der Waals surface area (Å²) in [6.07, 6.45) is 3.09. The van der Waals surface area contributed by atoms with Crippen LogP contribution in [-0.2, 0) is 17.5 Å². The number of aromatic nitrogens is 4. The van der Waals surface area contributed by atoms with Crippen molar-refractivity contribution in [3.8, 4) is 0 Å². The molecule has 102 valence electrons. The molecule has 2 aromatic heterocycles. The van der Waals surface area contributed by atoms with E-state index >= 15 is 0 Å². The minimum Gasteiger partial charge on any atom is -0.377 e. The lowest BCUT2D eigenvalue weighted by Gasteiger charge is -2.12. The molecular weight excluding hydrogens is 284 g/mol. The number of hydrogen-bond donors (Lipinski definition) is 0. The van der Waals surface area contributed by atoms with Gasteiger partial charge in [0.2, 0.25) is 0 Å². The van der Waals surface area contributed by atoms with Gasteiger partial charge in [-0.1, -0.05) is 11.6 Å². The fourth-order valence-corrected chi connectivity index (χ4v) is 3.54. The molecule has 0 N–H and O–H groups in total. The summed E-state index contributed by atoms with van der Waals surface area (Å²) in [6.45, 7) is 2.96. The fraction of sp³-hybridized carbons (Fsp3) is 0.583. The highest BCUT2D eigenvalue weighted by molar-refractivity contribution is 7.99. The molecule has 1 saturated heterocycles. The van der Waals surface area contributed by atoms with Crippen LogP contribution in [0.15, 0.2) is 6.20 Å². The summed E-state index contributed by atoms with van der Waals surface area (Å²) < 4.78 is 7.27. The van der Waals surface area contributed by atoms with Crippen molar-refractivity contribution in [1.29, 1.82) is 0 Å². The van der Waals surface area contributed by atoms with Crippen LogP contribution in [0.2, 0.25) is 5.15 Å². The van der Waals surface area contributed by atoms with Crippen molar-refractivity contribution in [2.24, 2.45) is 7.05 Å². The van der Waals surface area contributed by atoms with Crippen LogP contribution in [0.1, 0.15) is 19.2 Å². The molecule has 0 amide bonds. The maximum atomic E-state index is 6.16. The van der Waals surface area contributed by atoms with Gasteiger partial charge in [-0.05, 0) is 13.3 Å². The second kappa shape index (κ2) is 5.26. The molecule has 1 aliphatic rings. The highest BCUT2D eigenvalue weighted by atomic mass is 35.5. The smallest absolute Gasteiger partial charge is 0.162 e. The van der Waals surface area contributed by atoms with Crippen molar-refractivity contribution in [2.45, 2.75) is 30.5 Å². The van der Waals surface area contributed by atoms with Crippen LogP contribution in [0.4, 0.5) is 0 Å². The molecule has 19 heavy (non-hydrogen) atoms. The summed E-state index contributed by atoms with van der Waals surface area (Å²) in [5, 5.41) is 5.95. The van der Waals surface area contributed by atoms with Gasteiger partial charge in [0.1, 0.15) is 11.0 Å². The van der Waals surface area contributed by atoms with E-state index in [4.69, 9.17) is 16.3 Å². The first-order valence-corrected chi connectivity index (χ1v) is 7.65. The molecule has 0 bridgehead atoms. The van der Waals surface area contributed by atoms with Crippen molar-refractivity contribution < 1.29 is 4.74 Å². The molecule has 2 aromatic rings. The Bertz CT molecular complexity index is 603. The quantitative estimate of drug-likeness (QED) is 0.815. The highest BCUT2D eigenvalue weighted by Crippen LogP contribution is 2.29. The van der Waals surface area contributed by atoms with Crippen LogP contribution in [0, 0.1) is 0 Å². The Kier molecular flexibility index (Phi) is 3.64.